The Hall–Kier alpha value is -2.37. The van der Waals surface area contributed by atoms with E-state index < -0.39 is 0 Å². The van der Waals surface area contributed by atoms with Gasteiger partial charge in [-0.05, 0) is 37.3 Å². The molecule has 1 saturated heterocycles. The van der Waals surface area contributed by atoms with Gasteiger partial charge in [-0.15, -0.1) is 0 Å². The summed E-state index contributed by atoms with van der Waals surface area (Å²) in [5, 5.41) is 2.91. The summed E-state index contributed by atoms with van der Waals surface area (Å²) in [6.07, 6.45) is 3.45. The fourth-order valence-corrected chi connectivity index (χ4v) is 3.42. The van der Waals surface area contributed by atoms with E-state index in [4.69, 9.17) is 0 Å². The molecule has 0 unspecified atom stereocenters. The largest absolute Gasteiger partial charge is 0.349 e. The lowest BCUT2D eigenvalue weighted by molar-refractivity contribution is -0.133. The smallest absolute Gasteiger partial charge is 0.242 e. The van der Waals surface area contributed by atoms with E-state index in [0.717, 1.165) is 49.2 Å². The van der Waals surface area contributed by atoms with Gasteiger partial charge in [0.2, 0.25) is 11.8 Å². The molecule has 1 aromatic carbocycles. The number of carbonyl (C=O) groups is 2. The Labute approximate surface area is 154 Å². The molecule has 26 heavy (non-hydrogen) atoms. The number of hydrogen-bond donors (Lipinski definition) is 1. The van der Waals surface area contributed by atoms with Gasteiger partial charge >= 0.3 is 0 Å². The molecular formula is C20H28N4O2. The number of likely N-dealkylation sites (tertiary alicyclic amines) is 1. The van der Waals surface area contributed by atoms with Gasteiger partial charge in [-0.25, -0.2) is 4.98 Å². The average molecular weight is 356 g/mol. The third-order valence-corrected chi connectivity index (χ3v) is 5.08. The molecule has 0 atom stereocenters. The summed E-state index contributed by atoms with van der Waals surface area (Å²) in [4.78, 5) is 31.2. The quantitative estimate of drug-likeness (QED) is 0.865. The Morgan fingerprint density at radius 3 is 2.69 bits per heavy atom. The summed E-state index contributed by atoms with van der Waals surface area (Å²) in [7, 11) is 0. The van der Waals surface area contributed by atoms with E-state index in [0.29, 0.717) is 18.9 Å². The van der Waals surface area contributed by atoms with Crippen LogP contribution in [-0.2, 0) is 22.7 Å². The second kappa shape index (κ2) is 8.34. The monoisotopic (exact) mass is 356 g/mol. The van der Waals surface area contributed by atoms with Crippen molar-refractivity contribution in [3.63, 3.8) is 0 Å². The molecule has 0 bridgehead atoms. The normalized spacial score (nSPS) is 15.4. The van der Waals surface area contributed by atoms with E-state index in [2.05, 4.69) is 17.2 Å². The van der Waals surface area contributed by atoms with Crippen LogP contribution < -0.4 is 5.32 Å². The minimum Gasteiger partial charge on any atom is -0.349 e. The lowest BCUT2D eigenvalue weighted by atomic mass is 9.99. The molecule has 3 rings (SSSR count). The summed E-state index contributed by atoms with van der Waals surface area (Å²) in [6, 6.07) is 7.81. The first-order valence-corrected chi connectivity index (χ1v) is 9.57. The van der Waals surface area contributed by atoms with Crippen molar-refractivity contribution in [3.05, 3.63) is 30.1 Å². The van der Waals surface area contributed by atoms with Crippen molar-refractivity contribution in [1.82, 2.24) is 19.8 Å². The molecule has 1 fully saturated rings. The van der Waals surface area contributed by atoms with Crippen LogP contribution in [0.4, 0.5) is 0 Å². The van der Waals surface area contributed by atoms with E-state index in [9.17, 15) is 9.59 Å². The molecule has 2 amide bonds. The first kappa shape index (κ1) is 18.4. The lowest BCUT2D eigenvalue weighted by Gasteiger charge is -2.30. The fraction of sp³-hybridized carbons (Fsp3) is 0.550. The maximum atomic E-state index is 12.8. The molecule has 0 saturated carbocycles. The van der Waals surface area contributed by atoms with Gasteiger partial charge in [-0.2, -0.15) is 0 Å². The molecule has 140 valence electrons. The number of para-hydroxylation sites is 2. The topological polar surface area (TPSA) is 67.2 Å². The van der Waals surface area contributed by atoms with Crippen LogP contribution in [0.5, 0.6) is 0 Å². The number of carbonyl (C=O) groups excluding carboxylic acids is 2. The number of rotatable bonds is 6. The number of hydrogen-bond acceptors (Lipinski definition) is 3. The van der Waals surface area contributed by atoms with Crippen LogP contribution in [0.25, 0.3) is 11.0 Å². The number of benzene rings is 1. The molecule has 1 aliphatic rings. The number of imidazole rings is 1. The molecule has 6 heteroatoms. The summed E-state index contributed by atoms with van der Waals surface area (Å²) in [5.41, 5.74) is 1.79. The maximum Gasteiger partial charge on any atom is 0.242 e. The zero-order chi connectivity index (χ0) is 18.5. The minimum absolute atomic E-state index is 0.0162. The predicted molar refractivity (Wildman–Crippen MR) is 101 cm³/mol. The van der Waals surface area contributed by atoms with Gasteiger partial charge in [0.1, 0.15) is 12.4 Å². The molecule has 0 aliphatic carbocycles. The average Bonchev–Trinajstić information content (AvgIpc) is 2.98. The third kappa shape index (κ3) is 4.23. The Morgan fingerprint density at radius 1 is 1.23 bits per heavy atom. The first-order chi connectivity index (χ1) is 12.6. The number of aromatic nitrogens is 2. The van der Waals surface area contributed by atoms with Crippen LogP contribution in [0.2, 0.25) is 0 Å². The Morgan fingerprint density at radius 2 is 1.96 bits per heavy atom. The van der Waals surface area contributed by atoms with E-state index in [1.54, 1.807) is 0 Å². The Balaban J connectivity index is 1.77. The van der Waals surface area contributed by atoms with Crippen molar-refractivity contribution in [2.75, 3.05) is 13.1 Å². The van der Waals surface area contributed by atoms with Crippen molar-refractivity contribution < 1.29 is 9.59 Å². The first-order valence-electron chi connectivity index (χ1n) is 9.57. The number of fused-ring (bicyclic) bond motifs is 1. The van der Waals surface area contributed by atoms with Gasteiger partial charge in [0.15, 0.2) is 0 Å². The van der Waals surface area contributed by atoms with Crippen molar-refractivity contribution in [2.24, 2.45) is 5.92 Å². The highest BCUT2D eigenvalue weighted by molar-refractivity contribution is 5.81. The fourth-order valence-electron chi connectivity index (χ4n) is 3.42. The van der Waals surface area contributed by atoms with Crippen molar-refractivity contribution >= 4 is 22.8 Å². The van der Waals surface area contributed by atoms with E-state index in [-0.39, 0.29) is 18.4 Å². The van der Waals surface area contributed by atoms with Gasteiger partial charge < -0.3 is 14.8 Å². The van der Waals surface area contributed by atoms with Crippen LogP contribution in [0, 0.1) is 5.92 Å². The molecule has 1 aromatic heterocycles. The van der Waals surface area contributed by atoms with Crippen LogP contribution in [0.3, 0.4) is 0 Å². The highest BCUT2D eigenvalue weighted by Gasteiger charge is 2.22. The van der Waals surface area contributed by atoms with Crippen molar-refractivity contribution in [3.8, 4) is 0 Å². The predicted octanol–water partition coefficient (Wildman–Crippen LogP) is 2.71. The molecule has 1 N–H and O–H groups in total. The second-order valence-electron chi connectivity index (χ2n) is 7.19. The van der Waals surface area contributed by atoms with Crippen LogP contribution in [-0.4, -0.2) is 39.4 Å². The SMILES string of the molecule is CCCC(=O)NCc1nc2ccccc2n1CC(=O)N1CCC(C)CC1. The zero-order valence-electron chi connectivity index (χ0n) is 15.7. The highest BCUT2D eigenvalue weighted by atomic mass is 16.2. The number of nitrogens with one attached hydrogen (secondary N) is 1. The highest BCUT2D eigenvalue weighted by Crippen LogP contribution is 2.19. The Kier molecular flexibility index (Phi) is 5.91. The van der Waals surface area contributed by atoms with Crippen molar-refractivity contribution in [2.45, 2.75) is 52.6 Å². The zero-order valence-corrected chi connectivity index (χ0v) is 15.7. The van der Waals surface area contributed by atoms with E-state index >= 15 is 0 Å². The van der Waals surface area contributed by atoms with Crippen LogP contribution in [0.1, 0.15) is 45.4 Å². The van der Waals surface area contributed by atoms with Crippen LogP contribution >= 0.6 is 0 Å². The van der Waals surface area contributed by atoms with Gasteiger partial charge in [0.25, 0.3) is 0 Å². The summed E-state index contributed by atoms with van der Waals surface area (Å²) in [5.74, 6) is 1.57. The van der Waals surface area contributed by atoms with Gasteiger partial charge in [0.05, 0.1) is 17.6 Å². The van der Waals surface area contributed by atoms with Crippen molar-refractivity contribution in [1.29, 1.82) is 0 Å². The van der Waals surface area contributed by atoms with Gasteiger partial charge in [-0.3, -0.25) is 9.59 Å². The summed E-state index contributed by atoms with van der Waals surface area (Å²) >= 11 is 0. The molecule has 0 spiro atoms. The second-order valence-corrected chi connectivity index (χ2v) is 7.19. The minimum atomic E-state index is 0.0162. The molecule has 2 heterocycles. The number of amides is 2. The lowest BCUT2D eigenvalue weighted by Crippen LogP contribution is -2.40. The standard InChI is InChI=1S/C20H28N4O2/c1-3-6-19(25)21-13-18-22-16-7-4-5-8-17(16)24(18)14-20(26)23-11-9-15(2)10-12-23/h4-5,7-8,15H,3,6,9-14H2,1-2H3,(H,21,25). The van der Waals surface area contributed by atoms with Crippen LogP contribution in [0.15, 0.2) is 24.3 Å². The Bertz CT molecular complexity index is 775. The van der Waals surface area contributed by atoms with E-state index in [1.165, 1.54) is 0 Å². The molecule has 1 aliphatic heterocycles. The summed E-state index contributed by atoms with van der Waals surface area (Å²) < 4.78 is 1.95. The number of piperidine rings is 1. The molecular weight excluding hydrogens is 328 g/mol. The third-order valence-electron chi connectivity index (χ3n) is 5.08. The van der Waals surface area contributed by atoms with Gasteiger partial charge in [-0.1, -0.05) is 26.0 Å². The van der Waals surface area contributed by atoms with Gasteiger partial charge in [0, 0.05) is 19.5 Å². The molecule has 6 nitrogen and oxygen atoms in total. The summed E-state index contributed by atoms with van der Waals surface area (Å²) in [6.45, 7) is 6.49. The molecule has 2 aromatic rings. The number of nitrogens with zero attached hydrogens (tertiary/aromatic N) is 3. The van der Waals surface area contributed by atoms with E-state index in [1.807, 2.05) is 40.7 Å². The maximum absolute atomic E-state index is 12.8. The molecule has 0 radical (unpaired) electrons.